The van der Waals surface area contributed by atoms with Crippen molar-refractivity contribution in [3.63, 3.8) is 0 Å². The van der Waals surface area contributed by atoms with Gasteiger partial charge in [0.25, 0.3) is 0 Å². The second kappa shape index (κ2) is 4.70. The van der Waals surface area contributed by atoms with Crippen LogP contribution in [0, 0.1) is 0 Å². The molecule has 0 saturated carbocycles. The van der Waals surface area contributed by atoms with E-state index in [2.05, 4.69) is 19.1 Å². The van der Waals surface area contributed by atoms with Gasteiger partial charge in [0.2, 0.25) is 0 Å². The summed E-state index contributed by atoms with van der Waals surface area (Å²) in [6.45, 7) is 4.20. The molecule has 1 N–H and O–H groups in total. The van der Waals surface area contributed by atoms with Crippen LogP contribution < -0.4 is 0 Å². The summed E-state index contributed by atoms with van der Waals surface area (Å²) in [6.07, 6.45) is 5.35. The molecule has 1 unspecified atom stereocenters. The van der Waals surface area contributed by atoms with E-state index < -0.39 is 0 Å². The normalized spacial score (nSPS) is 13.4. The summed E-state index contributed by atoms with van der Waals surface area (Å²) in [5, 5.41) is 9.12. The van der Waals surface area contributed by atoms with Crippen molar-refractivity contribution in [1.29, 1.82) is 0 Å². The first kappa shape index (κ1) is 9.85. The van der Waals surface area contributed by atoms with Crippen molar-refractivity contribution < 1.29 is 5.11 Å². The van der Waals surface area contributed by atoms with E-state index in [0.29, 0.717) is 11.7 Å². The zero-order valence-corrected chi connectivity index (χ0v) is 8.20. The van der Waals surface area contributed by atoms with Gasteiger partial charge in [-0.15, -0.1) is 0 Å². The van der Waals surface area contributed by atoms with E-state index in [1.54, 1.807) is 12.1 Å². The summed E-state index contributed by atoms with van der Waals surface area (Å²) >= 11 is 0. The Balaban J connectivity index is 2.85. The van der Waals surface area contributed by atoms with Gasteiger partial charge < -0.3 is 5.11 Å². The molecule has 1 rings (SSSR count). The van der Waals surface area contributed by atoms with E-state index in [1.807, 2.05) is 19.1 Å². The summed E-state index contributed by atoms with van der Waals surface area (Å²) in [7, 11) is 0. The van der Waals surface area contributed by atoms with Crippen LogP contribution in [0.2, 0.25) is 0 Å². The van der Waals surface area contributed by atoms with Gasteiger partial charge in [-0.25, -0.2) is 0 Å². The monoisotopic (exact) mass is 176 g/mol. The molecule has 70 valence electrons. The van der Waals surface area contributed by atoms with Gasteiger partial charge in [0.1, 0.15) is 5.75 Å². The van der Waals surface area contributed by atoms with E-state index in [1.165, 1.54) is 5.56 Å². The molecule has 0 bridgehead atoms. The van der Waals surface area contributed by atoms with E-state index in [-0.39, 0.29) is 0 Å². The summed E-state index contributed by atoms with van der Waals surface area (Å²) in [5.41, 5.74) is 1.26. The van der Waals surface area contributed by atoms with Gasteiger partial charge in [-0.05, 0) is 31.0 Å². The predicted octanol–water partition coefficient (Wildman–Crippen LogP) is 3.46. The number of allylic oxidation sites excluding steroid dienone is 2. The Morgan fingerprint density at radius 1 is 1.31 bits per heavy atom. The molecule has 13 heavy (non-hydrogen) atoms. The molecule has 0 aliphatic heterocycles. The number of hydrogen-bond acceptors (Lipinski definition) is 1. The summed E-state index contributed by atoms with van der Waals surface area (Å²) in [5.74, 6) is 0.810. The molecule has 0 heterocycles. The average Bonchev–Trinajstić information content (AvgIpc) is 2.16. The second-order valence-corrected chi connectivity index (χ2v) is 3.13. The Labute approximate surface area is 79.7 Å². The lowest BCUT2D eigenvalue weighted by atomic mass is 9.96. The molecular weight excluding hydrogens is 160 g/mol. The number of phenolic OH excluding ortho intramolecular Hbond substituents is 1. The first-order valence-corrected chi connectivity index (χ1v) is 4.69. The highest BCUT2D eigenvalue weighted by atomic mass is 16.3. The highest BCUT2D eigenvalue weighted by molar-refractivity contribution is 5.30. The van der Waals surface area contributed by atoms with Gasteiger partial charge in [-0.3, -0.25) is 0 Å². The number of aromatic hydroxyl groups is 1. The zero-order chi connectivity index (χ0) is 9.68. The molecule has 0 radical (unpaired) electrons. The largest absolute Gasteiger partial charge is 0.508 e. The van der Waals surface area contributed by atoms with Crippen molar-refractivity contribution in [2.75, 3.05) is 0 Å². The SMILES string of the molecule is C/C=C\C(CC)c1ccc(O)cc1. The lowest BCUT2D eigenvalue weighted by Gasteiger charge is -2.09. The van der Waals surface area contributed by atoms with E-state index in [9.17, 15) is 0 Å². The molecule has 0 aliphatic carbocycles. The molecule has 1 aromatic rings. The average molecular weight is 176 g/mol. The molecule has 0 amide bonds. The van der Waals surface area contributed by atoms with Crippen molar-refractivity contribution in [3.8, 4) is 5.75 Å². The molecule has 1 atom stereocenters. The third kappa shape index (κ3) is 2.62. The minimum Gasteiger partial charge on any atom is -0.508 e. The third-order valence-electron chi connectivity index (χ3n) is 2.19. The molecule has 1 heteroatoms. The van der Waals surface area contributed by atoms with Gasteiger partial charge >= 0.3 is 0 Å². The second-order valence-electron chi connectivity index (χ2n) is 3.13. The van der Waals surface area contributed by atoms with Gasteiger partial charge in [-0.1, -0.05) is 31.2 Å². The van der Waals surface area contributed by atoms with Crippen LogP contribution in [0.1, 0.15) is 31.7 Å². The molecule has 0 spiro atoms. The maximum absolute atomic E-state index is 9.12. The zero-order valence-electron chi connectivity index (χ0n) is 8.20. The standard InChI is InChI=1S/C12H16O/c1-3-5-10(4-2)11-6-8-12(13)9-7-11/h3,5-10,13H,4H2,1-2H3/b5-3-. The number of phenols is 1. The fourth-order valence-corrected chi connectivity index (χ4v) is 1.44. The van der Waals surface area contributed by atoms with Crippen molar-refractivity contribution in [2.24, 2.45) is 0 Å². The third-order valence-corrected chi connectivity index (χ3v) is 2.19. The van der Waals surface area contributed by atoms with Crippen LogP contribution in [-0.4, -0.2) is 5.11 Å². The Bertz CT molecular complexity index is 272. The lowest BCUT2D eigenvalue weighted by molar-refractivity contribution is 0.475. The lowest BCUT2D eigenvalue weighted by Crippen LogP contribution is -1.91. The molecule has 0 aromatic heterocycles. The number of hydrogen-bond donors (Lipinski definition) is 1. The maximum atomic E-state index is 9.12. The smallest absolute Gasteiger partial charge is 0.115 e. The van der Waals surface area contributed by atoms with Crippen molar-refractivity contribution >= 4 is 0 Å². The van der Waals surface area contributed by atoms with E-state index in [4.69, 9.17) is 5.11 Å². The van der Waals surface area contributed by atoms with Crippen molar-refractivity contribution in [3.05, 3.63) is 42.0 Å². The van der Waals surface area contributed by atoms with E-state index >= 15 is 0 Å². The highest BCUT2D eigenvalue weighted by Crippen LogP contribution is 2.22. The highest BCUT2D eigenvalue weighted by Gasteiger charge is 2.03. The fourth-order valence-electron chi connectivity index (χ4n) is 1.44. The minimum atomic E-state index is 0.332. The summed E-state index contributed by atoms with van der Waals surface area (Å²) in [6, 6.07) is 7.43. The topological polar surface area (TPSA) is 20.2 Å². The molecule has 0 saturated heterocycles. The summed E-state index contributed by atoms with van der Waals surface area (Å²) in [4.78, 5) is 0. The first-order chi connectivity index (χ1) is 6.27. The van der Waals surface area contributed by atoms with Crippen LogP contribution >= 0.6 is 0 Å². The van der Waals surface area contributed by atoms with Gasteiger partial charge in [0.15, 0.2) is 0 Å². The van der Waals surface area contributed by atoms with Crippen LogP contribution in [0.3, 0.4) is 0 Å². The Kier molecular flexibility index (Phi) is 3.56. The predicted molar refractivity (Wildman–Crippen MR) is 56.0 cm³/mol. The van der Waals surface area contributed by atoms with Gasteiger partial charge in [0.05, 0.1) is 0 Å². The van der Waals surface area contributed by atoms with Gasteiger partial charge in [0, 0.05) is 5.92 Å². The van der Waals surface area contributed by atoms with Crippen LogP contribution in [0.25, 0.3) is 0 Å². The Hall–Kier alpha value is -1.24. The van der Waals surface area contributed by atoms with Gasteiger partial charge in [-0.2, -0.15) is 0 Å². The summed E-state index contributed by atoms with van der Waals surface area (Å²) < 4.78 is 0. The minimum absolute atomic E-state index is 0.332. The molecule has 1 nitrogen and oxygen atoms in total. The number of rotatable bonds is 3. The maximum Gasteiger partial charge on any atom is 0.115 e. The van der Waals surface area contributed by atoms with Crippen LogP contribution in [-0.2, 0) is 0 Å². The Morgan fingerprint density at radius 2 is 1.92 bits per heavy atom. The molecule has 0 aliphatic rings. The number of benzene rings is 1. The molecular formula is C12H16O. The van der Waals surface area contributed by atoms with Crippen LogP contribution in [0.5, 0.6) is 5.75 Å². The van der Waals surface area contributed by atoms with E-state index in [0.717, 1.165) is 6.42 Å². The molecule has 0 fully saturated rings. The first-order valence-electron chi connectivity index (χ1n) is 4.69. The quantitative estimate of drug-likeness (QED) is 0.699. The van der Waals surface area contributed by atoms with Crippen LogP contribution in [0.15, 0.2) is 36.4 Å². The van der Waals surface area contributed by atoms with Crippen LogP contribution in [0.4, 0.5) is 0 Å². The van der Waals surface area contributed by atoms with Crippen molar-refractivity contribution in [1.82, 2.24) is 0 Å². The fraction of sp³-hybridized carbons (Fsp3) is 0.333. The molecule has 1 aromatic carbocycles. The Morgan fingerprint density at radius 3 is 2.38 bits per heavy atom. The van der Waals surface area contributed by atoms with Crippen molar-refractivity contribution in [2.45, 2.75) is 26.2 Å².